The van der Waals surface area contributed by atoms with Crippen LogP contribution in [0.15, 0.2) is 30.3 Å². The van der Waals surface area contributed by atoms with Crippen molar-refractivity contribution in [1.82, 2.24) is 4.90 Å². The molecule has 1 unspecified atom stereocenters. The van der Waals surface area contributed by atoms with Gasteiger partial charge >= 0.3 is 5.97 Å². The van der Waals surface area contributed by atoms with Crippen molar-refractivity contribution in [2.45, 2.75) is 12.8 Å². The molecule has 2 heterocycles. The largest absolute Gasteiger partial charge is 0.469 e. The molecule has 1 aliphatic heterocycles. The molecule has 0 N–H and O–H groups in total. The number of methoxy groups -OCH3 is 1. The zero-order valence-corrected chi connectivity index (χ0v) is 12.7. The third kappa shape index (κ3) is 2.93. The molecule has 0 saturated carbocycles. The minimum Gasteiger partial charge on any atom is -0.469 e. The maximum atomic E-state index is 11.9. The van der Waals surface area contributed by atoms with E-state index < -0.39 is 0 Å². The molecule has 4 nitrogen and oxygen atoms in total. The first kappa shape index (κ1) is 14.1. The Hall–Kier alpha value is -1.88. The number of nitrogens with zero attached hydrogens (tertiary/aromatic N) is 1. The van der Waals surface area contributed by atoms with E-state index in [1.807, 2.05) is 12.1 Å². The number of thiophene rings is 1. The predicted octanol–water partition coefficient (Wildman–Crippen LogP) is 2.47. The van der Waals surface area contributed by atoms with Gasteiger partial charge in [-0.2, -0.15) is 0 Å². The van der Waals surface area contributed by atoms with Crippen LogP contribution in [0.2, 0.25) is 0 Å². The number of esters is 1. The zero-order valence-electron chi connectivity index (χ0n) is 11.9. The van der Waals surface area contributed by atoms with Crippen LogP contribution >= 0.6 is 11.3 Å². The summed E-state index contributed by atoms with van der Waals surface area (Å²) in [5.41, 5.74) is 0. The highest BCUT2D eigenvalue weighted by Crippen LogP contribution is 2.26. The van der Waals surface area contributed by atoms with Crippen molar-refractivity contribution in [3.63, 3.8) is 0 Å². The summed E-state index contributed by atoms with van der Waals surface area (Å²) in [5, 5.41) is 1.25. The van der Waals surface area contributed by atoms with E-state index in [0.717, 1.165) is 6.42 Å². The van der Waals surface area contributed by atoms with Gasteiger partial charge < -0.3 is 9.64 Å². The number of amides is 1. The van der Waals surface area contributed by atoms with Crippen LogP contribution < -0.4 is 0 Å². The van der Waals surface area contributed by atoms with E-state index in [1.54, 1.807) is 16.2 Å². The number of carbonyl (C=O) groups is 2. The van der Waals surface area contributed by atoms with Gasteiger partial charge in [0.15, 0.2) is 0 Å². The summed E-state index contributed by atoms with van der Waals surface area (Å²) in [6.45, 7) is 1.15. The maximum Gasteiger partial charge on any atom is 0.310 e. The molecule has 0 radical (unpaired) electrons. The van der Waals surface area contributed by atoms with Crippen LogP contribution in [-0.4, -0.2) is 37.0 Å². The topological polar surface area (TPSA) is 46.6 Å². The van der Waals surface area contributed by atoms with Gasteiger partial charge in [-0.1, -0.05) is 18.2 Å². The molecule has 2 aromatic rings. The summed E-state index contributed by atoms with van der Waals surface area (Å²) >= 11 is 1.76. The van der Waals surface area contributed by atoms with Gasteiger partial charge in [-0.3, -0.25) is 9.59 Å². The lowest BCUT2D eigenvalue weighted by Crippen LogP contribution is -2.28. The number of hydrogen-bond acceptors (Lipinski definition) is 4. The molecule has 0 spiro atoms. The molecule has 0 bridgehead atoms. The van der Waals surface area contributed by atoms with E-state index in [9.17, 15) is 9.59 Å². The molecule has 21 heavy (non-hydrogen) atoms. The van der Waals surface area contributed by atoms with Crippen molar-refractivity contribution in [2.24, 2.45) is 5.92 Å². The first-order valence-electron chi connectivity index (χ1n) is 7.00. The molecular formula is C16H17NO3S. The van der Waals surface area contributed by atoms with Crippen LogP contribution in [0.5, 0.6) is 0 Å². The highest BCUT2D eigenvalue weighted by molar-refractivity contribution is 7.19. The zero-order chi connectivity index (χ0) is 14.8. The summed E-state index contributed by atoms with van der Waals surface area (Å²) in [6.07, 6.45) is 1.11. The summed E-state index contributed by atoms with van der Waals surface area (Å²) < 4.78 is 5.99. The van der Waals surface area contributed by atoms with Crippen LogP contribution in [-0.2, 0) is 20.7 Å². The molecule has 0 aliphatic carbocycles. The number of carbonyl (C=O) groups excluding carboxylic acids is 2. The van der Waals surface area contributed by atoms with E-state index >= 15 is 0 Å². The normalized spacial score (nSPS) is 18.4. The van der Waals surface area contributed by atoms with Crippen molar-refractivity contribution in [3.05, 3.63) is 35.2 Å². The van der Waals surface area contributed by atoms with E-state index in [1.165, 1.54) is 22.1 Å². The van der Waals surface area contributed by atoms with E-state index in [4.69, 9.17) is 4.74 Å². The molecular weight excluding hydrogens is 286 g/mol. The lowest BCUT2D eigenvalue weighted by Gasteiger charge is -2.15. The second-order valence-electron chi connectivity index (χ2n) is 5.26. The molecule has 1 aliphatic rings. The molecule has 1 saturated heterocycles. The molecule has 1 fully saturated rings. The number of fused-ring (bicyclic) bond motifs is 1. The fraction of sp³-hybridized carbons (Fsp3) is 0.375. The fourth-order valence-electron chi connectivity index (χ4n) is 2.72. The maximum absolute atomic E-state index is 11.9. The Morgan fingerprint density at radius 2 is 2.24 bits per heavy atom. The number of likely N-dealkylation sites (tertiary alicyclic amines) is 1. The Morgan fingerprint density at radius 1 is 1.43 bits per heavy atom. The highest BCUT2D eigenvalue weighted by atomic mass is 32.1. The van der Waals surface area contributed by atoms with E-state index in [0.29, 0.717) is 13.1 Å². The van der Waals surface area contributed by atoms with Crippen LogP contribution in [0.25, 0.3) is 10.1 Å². The van der Waals surface area contributed by atoms with Gasteiger partial charge in [0.05, 0.1) is 13.0 Å². The van der Waals surface area contributed by atoms with Crippen LogP contribution in [0.1, 0.15) is 11.3 Å². The minimum atomic E-state index is -0.301. The quantitative estimate of drug-likeness (QED) is 0.815. The van der Waals surface area contributed by atoms with Gasteiger partial charge in [0.1, 0.15) is 0 Å². The second kappa shape index (κ2) is 5.85. The first-order chi connectivity index (χ1) is 10.2. The molecule has 1 atom stereocenters. The van der Waals surface area contributed by atoms with Gasteiger partial charge in [-0.05, 0) is 23.9 Å². The van der Waals surface area contributed by atoms with E-state index in [2.05, 4.69) is 18.2 Å². The smallest absolute Gasteiger partial charge is 0.310 e. The first-order valence-corrected chi connectivity index (χ1v) is 7.82. The SMILES string of the molecule is COC(=O)C1CC(=O)N(CCc2cc3ccccc3s2)C1. The predicted molar refractivity (Wildman–Crippen MR) is 82.2 cm³/mol. The summed E-state index contributed by atoms with van der Waals surface area (Å²) in [5.74, 6) is -0.538. The average Bonchev–Trinajstić information content (AvgIpc) is 3.07. The van der Waals surface area contributed by atoms with Crippen LogP contribution in [0, 0.1) is 5.92 Å². The molecule has 1 aromatic carbocycles. The summed E-state index contributed by atoms with van der Waals surface area (Å²) in [4.78, 5) is 26.5. The van der Waals surface area contributed by atoms with Crippen molar-refractivity contribution >= 4 is 33.3 Å². The van der Waals surface area contributed by atoms with Crippen molar-refractivity contribution in [3.8, 4) is 0 Å². The van der Waals surface area contributed by atoms with Gasteiger partial charge in [-0.25, -0.2) is 0 Å². The summed E-state index contributed by atoms with van der Waals surface area (Å²) in [6, 6.07) is 10.5. The number of hydrogen-bond donors (Lipinski definition) is 0. The average molecular weight is 303 g/mol. The molecule has 3 rings (SSSR count). The Balaban J connectivity index is 1.62. The molecule has 1 amide bonds. The van der Waals surface area contributed by atoms with Crippen molar-refractivity contribution in [2.75, 3.05) is 20.2 Å². The lowest BCUT2D eigenvalue weighted by atomic mass is 10.1. The van der Waals surface area contributed by atoms with Gasteiger partial charge in [-0.15, -0.1) is 11.3 Å². The number of ether oxygens (including phenoxy) is 1. The third-order valence-corrected chi connectivity index (χ3v) is 5.03. The number of benzene rings is 1. The van der Waals surface area contributed by atoms with Gasteiger partial charge in [0, 0.05) is 29.1 Å². The van der Waals surface area contributed by atoms with E-state index in [-0.39, 0.29) is 24.2 Å². The fourth-order valence-corrected chi connectivity index (χ4v) is 3.77. The van der Waals surface area contributed by atoms with Crippen LogP contribution in [0.4, 0.5) is 0 Å². The lowest BCUT2D eigenvalue weighted by molar-refractivity contribution is -0.145. The highest BCUT2D eigenvalue weighted by Gasteiger charge is 2.34. The third-order valence-electron chi connectivity index (χ3n) is 3.85. The standard InChI is InChI=1S/C16H17NO3S/c1-20-16(19)12-9-15(18)17(10-12)7-6-13-8-11-4-2-3-5-14(11)21-13/h2-5,8,12H,6-7,9-10H2,1H3. The Morgan fingerprint density at radius 3 is 3.00 bits per heavy atom. The second-order valence-corrected chi connectivity index (χ2v) is 6.43. The molecule has 1 aromatic heterocycles. The van der Waals surface area contributed by atoms with Gasteiger partial charge in [0.25, 0.3) is 0 Å². The monoisotopic (exact) mass is 303 g/mol. The molecule has 110 valence electrons. The van der Waals surface area contributed by atoms with Crippen molar-refractivity contribution in [1.29, 1.82) is 0 Å². The van der Waals surface area contributed by atoms with Crippen LogP contribution in [0.3, 0.4) is 0 Å². The van der Waals surface area contributed by atoms with Crippen molar-refractivity contribution < 1.29 is 14.3 Å². The Bertz CT molecular complexity index is 646. The Kier molecular flexibility index (Phi) is 3.92. The summed E-state index contributed by atoms with van der Waals surface area (Å²) in [7, 11) is 1.37. The van der Waals surface area contributed by atoms with Gasteiger partial charge in [0.2, 0.25) is 5.91 Å². The number of rotatable bonds is 4. The minimum absolute atomic E-state index is 0.0477. The Labute approximate surface area is 127 Å². The molecule has 5 heteroatoms.